The number of nitrogens with one attached hydrogen (secondary N) is 1. The van der Waals surface area contributed by atoms with Gasteiger partial charge >= 0.3 is 6.03 Å². The van der Waals surface area contributed by atoms with Crippen LogP contribution in [-0.2, 0) is 0 Å². The second-order valence-electron chi connectivity index (χ2n) is 6.49. The molecule has 1 aliphatic carbocycles. The topological polar surface area (TPSA) is 32.3 Å². The lowest BCUT2D eigenvalue weighted by atomic mass is 9.95. The summed E-state index contributed by atoms with van der Waals surface area (Å²) in [4.78, 5) is 14.7. The third-order valence-corrected chi connectivity index (χ3v) is 4.99. The van der Waals surface area contributed by atoms with Crippen molar-refractivity contribution in [3.8, 4) is 0 Å². The van der Waals surface area contributed by atoms with Crippen LogP contribution in [0.4, 0.5) is 4.79 Å². The highest BCUT2D eigenvalue weighted by molar-refractivity contribution is 5.75. The zero-order valence-corrected chi connectivity index (χ0v) is 13.0. The van der Waals surface area contributed by atoms with E-state index < -0.39 is 0 Å². The summed E-state index contributed by atoms with van der Waals surface area (Å²) in [6.45, 7) is 3.03. The van der Waals surface area contributed by atoms with Gasteiger partial charge in [0.05, 0.1) is 6.04 Å². The molecule has 1 aromatic rings. The van der Waals surface area contributed by atoms with Crippen molar-refractivity contribution in [1.29, 1.82) is 0 Å². The molecule has 2 aliphatic rings. The number of carbonyl (C=O) groups excluding carboxylic acids is 1. The zero-order chi connectivity index (χ0) is 14.7. The molecule has 3 nitrogen and oxygen atoms in total. The first-order chi connectivity index (χ1) is 10.3. The molecule has 1 N–H and O–H groups in total. The largest absolute Gasteiger partial charge is 0.335 e. The molecule has 0 aromatic heterocycles. The number of amides is 2. The van der Waals surface area contributed by atoms with Crippen molar-refractivity contribution in [2.75, 3.05) is 6.54 Å². The molecule has 3 rings (SSSR count). The van der Waals surface area contributed by atoms with Crippen LogP contribution in [0.5, 0.6) is 0 Å². The first-order valence-electron chi connectivity index (χ1n) is 8.38. The molecule has 3 heteroatoms. The van der Waals surface area contributed by atoms with Gasteiger partial charge in [-0.1, -0.05) is 43.5 Å². The van der Waals surface area contributed by atoms with Crippen molar-refractivity contribution in [3.63, 3.8) is 0 Å². The molecular weight excluding hydrogens is 260 g/mol. The molecule has 1 saturated carbocycles. The summed E-state index contributed by atoms with van der Waals surface area (Å²) in [6.07, 6.45) is 8.32. The quantitative estimate of drug-likeness (QED) is 0.869. The normalized spacial score (nSPS) is 23.3. The first-order valence-corrected chi connectivity index (χ1v) is 8.38. The summed E-state index contributed by atoms with van der Waals surface area (Å²) in [5.74, 6) is 0. The number of hydrogen-bond donors (Lipinski definition) is 1. The molecule has 1 aromatic carbocycles. The Kier molecular flexibility index (Phi) is 4.47. The monoisotopic (exact) mass is 286 g/mol. The summed E-state index contributed by atoms with van der Waals surface area (Å²) in [7, 11) is 0. The van der Waals surface area contributed by atoms with Gasteiger partial charge in [-0.05, 0) is 43.7 Å². The minimum absolute atomic E-state index is 0.146. The summed E-state index contributed by atoms with van der Waals surface area (Å²) in [6, 6.07) is 9.27. The van der Waals surface area contributed by atoms with Gasteiger partial charge in [-0.15, -0.1) is 0 Å². The third-order valence-electron chi connectivity index (χ3n) is 4.99. The van der Waals surface area contributed by atoms with Crippen molar-refractivity contribution < 1.29 is 4.79 Å². The second-order valence-corrected chi connectivity index (χ2v) is 6.49. The molecular formula is C18H26N2O. The number of likely N-dealkylation sites (tertiary alicyclic amines) is 1. The zero-order valence-electron chi connectivity index (χ0n) is 13.0. The maximum Gasteiger partial charge on any atom is 0.318 e. The van der Waals surface area contributed by atoms with Crippen molar-refractivity contribution in [1.82, 2.24) is 10.2 Å². The molecule has 21 heavy (non-hydrogen) atoms. The van der Waals surface area contributed by atoms with Gasteiger partial charge in [-0.25, -0.2) is 4.79 Å². The number of hydrogen-bond acceptors (Lipinski definition) is 1. The molecule has 0 spiro atoms. The minimum Gasteiger partial charge on any atom is -0.335 e. The molecule has 1 aliphatic heterocycles. The van der Waals surface area contributed by atoms with Gasteiger partial charge in [-0.2, -0.15) is 0 Å². The highest BCUT2D eigenvalue weighted by atomic mass is 16.2. The van der Waals surface area contributed by atoms with Gasteiger partial charge < -0.3 is 10.2 Å². The smallest absolute Gasteiger partial charge is 0.318 e. The van der Waals surface area contributed by atoms with Crippen LogP contribution in [0.25, 0.3) is 0 Å². The van der Waals surface area contributed by atoms with Gasteiger partial charge in [0.15, 0.2) is 0 Å². The Hall–Kier alpha value is -1.51. The average Bonchev–Trinajstić information content (AvgIpc) is 2.98. The molecule has 1 atom stereocenters. The van der Waals surface area contributed by atoms with E-state index in [-0.39, 0.29) is 12.1 Å². The molecule has 2 amide bonds. The number of rotatable bonds is 2. The molecule has 1 unspecified atom stereocenters. The van der Waals surface area contributed by atoms with Crippen LogP contribution in [-0.4, -0.2) is 23.5 Å². The van der Waals surface area contributed by atoms with E-state index in [4.69, 9.17) is 0 Å². The van der Waals surface area contributed by atoms with Gasteiger partial charge in [-0.3, -0.25) is 0 Å². The van der Waals surface area contributed by atoms with E-state index in [0.29, 0.717) is 6.04 Å². The van der Waals surface area contributed by atoms with Crippen molar-refractivity contribution in [3.05, 3.63) is 35.4 Å². The Balaban J connectivity index is 1.68. The van der Waals surface area contributed by atoms with Gasteiger partial charge in [0, 0.05) is 12.6 Å². The molecule has 1 saturated heterocycles. The van der Waals surface area contributed by atoms with E-state index in [9.17, 15) is 4.79 Å². The molecule has 0 radical (unpaired) electrons. The van der Waals surface area contributed by atoms with Crippen molar-refractivity contribution in [2.45, 2.75) is 64.0 Å². The third kappa shape index (κ3) is 3.22. The van der Waals surface area contributed by atoms with E-state index in [1.54, 1.807) is 0 Å². The van der Waals surface area contributed by atoms with Crippen LogP contribution in [0.1, 0.15) is 62.1 Å². The number of benzene rings is 1. The maximum absolute atomic E-state index is 12.6. The van der Waals surface area contributed by atoms with E-state index in [1.165, 1.54) is 30.4 Å². The van der Waals surface area contributed by atoms with Gasteiger partial charge in [0.25, 0.3) is 0 Å². The van der Waals surface area contributed by atoms with E-state index in [1.807, 2.05) is 0 Å². The van der Waals surface area contributed by atoms with Crippen LogP contribution in [0.3, 0.4) is 0 Å². The predicted molar refractivity (Wildman–Crippen MR) is 85.3 cm³/mol. The van der Waals surface area contributed by atoms with Gasteiger partial charge in [0.2, 0.25) is 0 Å². The first kappa shape index (κ1) is 14.4. The van der Waals surface area contributed by atoms with Crippen LogP contribution in [0.2, 0.25) is 0 Å². The molecule has 114 valence electrons. The summed E-state index contributed by atoms with van der Waals surface area (Å²) in [5, 5.41) is 3.27. The molecule has 2 fully saturated rings. The van der Waals surface area contributed by atoms with E-state index in [0.717, 1.165) is 32.2 Å². The van der Waals surface area contributed by atoms with Crippen molar-refractivity contribution >= 4 is 6.03 Å². The number of nitrogens with zero attached hydrogens (tertiary/aromatic N) is 1. The van der Waals surface area contributed by atoms with Crippen LogP contribution in [0.15, 0.2) is 24.3 Å². The highest BCUT2D eigenvalue weighted by Gasteiger charge is 2.31. The SMILES string of the molecule is Cc1ccccc1C1CCCN1C(=O)NC1CCCCC1. The van der Waals surface area contributed by atoms with Crippen LogP contribution >= 0.6 is 0 Å². The van der Waals surface area contributed by atoms with Crippen LogP contribution in [0, 0.1) is 6.92 Å². The lowest BCUT2D eigenvalue weighted by Crippen LogP contribution is -2.45. The fourth-order valence-electron chi connectivity index (χ4n) is 3.80. The summed E-state index contributed by atoms with van der Waals surface area (Å²) < 4.78 is 0. The van der Waals surface area contributed by atoms with Crippen molar-refractivity contribution in [2.24, 2.45) is 0 Å². The minimum atomic E-state index is 0.146. The predicted octanol–water partition coefficient (Wildman–Crippen LogP) is 4.17. The highest BCUT2D eigenvalue weighted by Crippen LogP contribution is 2.33. The molecule has 1 heterocycles. The van der Waals surface area contributed by atoms with Crippen LogP contribution < -0.4 is 5.32 Å². The maximum atomic E-state index is 12.6. The Morgan fingerprint density at radius 3 is 2.62 bits per heavy atom. The molecule has 0 bridgehead atoms. The number of aryl methyl sites for hydroxylation is 1. The number of carbonyl (C=O) groups is 1. The fourth-order valence-corrected chi connectivity index (χ4v) is 3.80. The Morgan fingerprint density at radius 2 is 1.86 bits per heavy atom. The fraction of sp³-hybridized carbons (Fsp3) is 0.611. The summed E-state index contributed by atoms with van der Waals surface area (Å²) in [5.41, 5.74) is 2.61. The standard InChI is InChI=1S/C18H26N2O/c1-14-8-5-6-11-16(14)17-12-7-13-20(17)18(21)19-15-9-3-2-4-10-15/h5-6,8,11,15,17H,2-4,7,9-10,12-13H2,1H3,(H,19,21). The van der Waals surface area contributed by atoms with Gasteiger partial charge in [0.1, 0.15) is 0 Å². The Bertz CT molecular complexity index is 494. The van der Waals surface area contributed by atoms with E-state index in [2.05, 4.69) is 41.4 Å². The lowest BCUT2D eigenvalue weighted by Gasteiger charge is -2.30. The lowest BCUT2D eigenvalue weighted by molar-refractivity contribution is 0.185. The Labute approximate surface area is 127 Å². The van der Waals surface area contributed by atoms with E-state index >= 15 is 0 Å². The Morgan fingerprint density at radius 1 is 1.10 bits per heavy atom. The number of urea groups is 1. The summed E-state index contributed by atoms with van der Waals surface area (Å²) >= 11 is 0. The average molecular weight is 286 g/mol. The second kappa shape index (κ2) is 6.50.